The van der Waals surface area contributed by atoms with Gasteiger partial charge >= 0.3 is 5.97 Å². The summed E-state index contributed by atoms with van der Waals surface area (Å²) in [5, 5.41) is 12.5. The van der Waals surface area contributed by atoms with E-state index in [2.05, 4.69) is 10.0 Å². The van der Waals surface area contributed by atoms with E-state index in [-0.39, 0.29) is 12.1 Å². The van der Waals surface area contributed by atoms with Crippen molar-refractivity contribution in [3.8, 4) is 5.75 Å². The second kappa shape index (κ2) is 6.98. The van der Waals surface area contributed by atoms with E-state index in [0.29, 0.717) is 17.9 Å². The summed E-state index contributed by atoms with van der Waals surface area (Å²) in [5.74, 6) is -0.624. The number of carboxylic acid groups (broad SMARTS) is 1. The topological polar surface area (TPSA) is 95.3 Å². The average molecular weight is 283 g/mol. The Bertz CT molecular complexity index is 680. The first-order valence-corrected chi connectivity index (χ1v) is 6.24. The lowest BCUT2D eigenvalue weighted by molar-refractivity contribution is 0.0696. The summed E-state index contributed by atoms with van der Waals surface area (Å²) in [6.45, 7) is 0.424. The monoisotopic (exact) mass is 283 g/mol. The molecule has 0 aliphatic heterocycles. The summed E-state index contributed by atoms with van der Waals surface area (Å²) in [6, 6.07) is 14.0. The highest BCUT2D eigenvalue weighted by atomic mass is 16.5. The van der Waals surface area contributed by atoms with Crippen LogP contribution in [-0.4, -0.2) is 11.1 Å². The van der Waals surface area contributed by atoms with Gasteiger partial charge in [0, 0.05) is 4.91 Å². The van der Waals surface area contributed by atoms with Crippen LogP contribution in [0.4, 0.5) is 0 Å². The molecular weight excluding hydrogens is 270 g/mol. The third kappa shape index (κ3) is 3.99. The van der Waals surface area contributed by atoms with Gasteiger partial charge in [0.2, 0.25) is 0 Å². The van der Waals surface area contributed by atoms with E-state index in [9.17, 15) is 4.79 Å². The molecule has 0 aliphatic rings. The second-order valence-corrected chi connectivity index (χ2v) is 4.29. The van der Waals surface area contributed by atoms with Crippen LogP contribution in [0, 0.1) is 0 Å². The second-order valence-electron chi connectivity index (χ2n) is 4.29. The lowest BCUT2D eigenvalue weighted by Gasteiger charge is -2.11. The first-order chi connectivity index (χ1) is 10.2. The van der Waals surface area contributed by atoms with Crippen LogP contribution in [0.25, 0.3) is 10.4 Å². The maximum absolute atomic E-state index is 11.0. The number of ether oxygens (including phenoxy) is 1. The van der Waals surface area contributed by atoms with Gasteiger partial charge in [0.25, 0.3) is 0 Å². The van der Waals surface area contributed by atoms with Crippen LogP contribution in [0.15, 0.2) is 53.6 Å². The third-order valence-corrected chi connectivity index (χ3v) is 2.86. The molecule has 106 valence electrons. The summed E-state index contributed by atoms with van der Waals surface area (Å²) in [6.07, 6.45) is 0. The van der Waals surface area contributed by atoms with Gasteiger partial charge in [-0.15, -0.1) is 0 Å². The summed E-state index contributed by atoms with van der Waals surface area (Å²) in [7, 11) is 0. The van der Waals surface area contributed by atoms with Crippen molar-refractivity contribution in [1.82, 2.24) is 0 Å². The largest absolute Gasteiger partial charge is 0.489 e. The SMILES string of the molecule is [N-]=[N+]=NCc1ccc(C(=O)O)cc1OCc1ccccc1. The van der Waals surface area contributed by atoms with Gasteiger partial charge < -0.3 is 9.84 Å². The number of hydrogen-bond donors (Lipinski definition) is 1. The van der Waals surface area contributed by atoms with E-state index < -0.39 is 5.97 Å². The van der Waals surface area contributed by atoms with E-state index >= 15 is 0 Å². The zero-order valence-electron chi connectivity index (χ0n) is 11.1. The average Bonchev–Trinajstić information content (AvgIpc) is 2.52. The Labute approximate surface area is 121 Å². The van der Waals surface area contributed by atoms with Crippen molar-refractivity contribution >= 4 is 5.97 Å². The molecule has 0 bridgehead atoms. The number of rotatable bonds is 6. The lowest BCUT2D eigenvalue weighted by Crippen LogP contribution is -2.02. The normalized spacial score (nSPS) is 9.71. The Morgan fingerprint density at radius 2 is 2.00 bits per heavy atom. The van der Waals surface area contributed by atoms with Crippen LogP contribution in [-0.2, 0) is 13.2 Å². The quantitative estimate of drug-likeness (QED) is 0.496. The number of azide groups is 1. The van der Waals surface area contributed by atoms with Crippen molar-refractivity contribution in [3.05, 3.63) is 75.7 Å². The standard InChI is InChI=1S/C15H13N3O3/c16-18-17-9-13-7-6-12(15(19)20)8-14(13)21-10-11-4-2-1-3-5-11/h1-8H,9-10H2,(H,19,20). The fourth-order valence-electron chi connectivity index (χ4n) is 1.80. The molecule has 21 heavy (non-hydrogen) atoms. The number of carbonyl (C=O) groups is 1. The molecule has 6 heteroatoms. The molecule has 6 nitrogen and oxygen atoms in total. The maximum atomic E-state index is 11.0. The molecule has 2 aromatic rings. The van der Waals surface area contributed by atoms with Gasteiger partial charge in [-0.3, -0.25) is 0 Å². The Morgan fingerprint density at radius 1 is 1.24 bits per heavy atom. The third-order valence-electron chi connectivity index (χ3n) is 2.86. The van der Waals surface area contributed by atoms with E-state index in [4.69, 9.17) is 15.4 Å². The summed E-state index contributed by atoms with van der Waals surface area (Å²) in [5.41, 5.74) is 10.1. The molecule has 0 aromatic heterocycles. The molecule has 0 aliphatic carbocycles. The number of aromatic carboxylic acids is 1. The van der Waals surface area contributed by atoms with Gasteiger partial charge in [-0.1, -0.05) is 41.5 Å². The molecule has 0 amide bonds. The van der Waals surface area contributed by atoms with Gasteiger partial charge in [-0.05, 0) is 28.8 Å². The van der Waals surface area contributed by atoms with Crippen molar-refractivity contribution in [2.45, 2.75) is 13.2 Å². The smallest absolute Gasteiger partial charge is 0.335 e. The predicted octanol–water partition coefficient (Wildman–Crippen LogP) is 3.77. The summed E-state index contributed by atoms with van der Waals surface area (Å²) < 4.78 is 5.66. The highest BCUT2D eigenvalue weighted by molar-refractivity contribution is 5.88. The zero-order valence-corrected chi connectivity index (χ0v) is 11.1. The van der Waals surface area contributed by atoms with Crippen molar-refractivity contribution in [1.29, 1.82) is 0 Å². The van der Waals surface area contributed by atoms with Crippen molar-refractivity contribution in [2.75, 3.05) is 0 Å². The van der Waals surface area contributed by atoms with Crippen molar-refractivity contribution < 1.29 is 14.6 Å². The number of carboxylic acids is 1. The molecule has 2 rings (SSSR count). The summed E-state index contributed by atoms with van der Waals surface area (Å²) in [4.78, 5) is 13.7. The van der Waals surface area contributed by atoms with Gasteiger partial charge in [-0.25, -0.2) is 4.79 Å². The van der Waals surface area contributed by atoms with Crippen LogP contribution in [0.1, 0.15) is 21.5 Å². The Kier molecular flexibility index (Phi) is 4.79. The van der Waals surface area contributed by atoms with Crippen LogP contribution < -0.4 is 4.74 Å². The van der Waals surface area contributed by atoms with E-state index in [1.165, 1.54) is 12.1 Å². The van der Waals surface area contributed by atoms with Gasteiger partial charge in [0.15, 0.2) is 0 Å². The van der Waals surface area contributed by atoms with Crippen molar-refractivity contribution in [3.63, 3.8) is 0 Å². The Hall–Kier alpha value is -2.98. The van der Waals surface area contributed by atoms with Crippen LogP contribution >= 0.6 is 0 Å². The summed E-state index contributed by atoms with van der Waals surface area (Å²) >= 11 is 0. The Balaban J connectivity index is 2.23. The number of benzene rings is 2. The highest BCUT2D eigenvalue weighted by Gasteiger charge is 2.09. The molecule has 0 radical (unpaired) electrons. The van der Waals surface area contributed by atoms with Gasteiger partial charge in [0.05, 0.1) is 12.1 Å². The van der Waals surface area contributed by atoms with E-state index in [1.807, 2.05) is 30.3 Å². The minimum absolute atomic E-state index is 0.112. The minimum atomic E-state index is -1.03. The fraction of sp³-hybridized carbons (Fsp3) is 0.133. The van der Waals surface area contributed by atoms with E-state index in [0.717, 1.165) is 5.56 Å². The number of nitrogens with zero attached hydrogens (tertiary/aromatic N) is 3. The van der Waals surface area contributed by atoms with Crippen LogP contribution in [0.5, 0.6) is 5.75 Å². The Morgan fingerprint density at radius 3 is 2.67 bits per heavy atom. The van der Waals surface area contributed by atoms with E-state index in [1.54, 1.807) is 6.07 Å². The zero-order chi connectivity index (χ0) is 15.1. The molecule has 1 N–H and O–H groups in total. The first-order valence-electron chi connectivity index (χ1n) is 6.24. The van der Waals surface area contributed by atoms with Crippen LogP contribution in [0.3, 0.4) is 0 Å². The molecule has 0 fully saturated rings. The predicted molar refractivity (Wildman–Crippen MR) is 77.0 cm³/mol. The molecule has 0 atom stereocenters. The molecule has 0 unspecified atom stereocenters. The van der Waals surface area contributed by atoms with Gasteiger partial charge in [0.1, 0.15) is 12.4 Å². The molecule has 0 spiro atoms. The van der Waals surface area contributed by atoms with Crippen LogP contribution in [0.2, 0.25) is 0 Å². The fourth-order valence-corrected chi connectivity index (χ4v) is 1.80. The minimum Gasteiger partial charge on any atom is -0.489 e. The first kappa shape index (κ1) is 14.4. The molecule has 2 aromatic carbocycles. The molecule has 0 heterocycles. The van der Waals surface area contributed by atoms with Gasteiger partial charge in [-0.2, -0.15) is 0 Å². The maximum Gasteiger partial charge on any atom is 0.335 e. The highest BCUT2D eigenvalue weighted by Crippen LogP contribution is 2.23. The lowest BCUT2D eigenvalue weighted by atomic mass is 10.1. The number of hydrogen-bond acceptors (Lipinski definition) is 3. The van der Waals surface area contributed by atoms with Crippen molar-refractivity contribution in [2.24, 2.45) is 5.11 Å². The molecule has 0 saturated heterocycles. The molecule has 0 saturated carbocycles. The molecular formula is C15H13N3O3.